The lowest BCUT2D eigenvalue weighted by Gasteiger charge is -2.57. The Labute approximate surface area is 171 Å². The Morgan fingerprint density at radius 1 is 0.962 bits per heavy atom. The maximum atomic E-state index is 10.2. The zero-order chi connectivity index (χ0) is 16.6. The van der Waals surface area contributed by atoms with Crippen molar-refractivity contribution in [1.29, 1.82) is 0 Å². The van der Waals surface area contributed by atoms with Crippen LogP contribution in [0.15, 0.2) is 0 Å². The van der Waals surface area contributed by atoms with Crippen molar-refractivity contribution in [1.82, 2.24) is 9.80 Å². The summed E-state index contributed by atoms with van der Waals surface area (Å²) in [7, 11) is 2.17. The molecule has 5 rings (SSSR count). The summed E-state index contributed by atoms with van der Waals surface area (Å²) in [6, 6.07) is 0. The molecule has 1 saturated heterocycles. The zero-order valence-corrected chi connectivity index (χ0v) is 17.9. The number of hydrogen-bond acceptors (Lipinski definition) is 4. The number of aliphatic hydroxyl groups excluding tert-OH is 1. The Hall–Kier alpha value is 0.420. The molecule has 1 unspecified atom stereocenters. The normalized spacial score (nSPS) is 37.8. The highest BCUT2D eigenvalue weighted by molar-refractivity contribution is 5.85. The van der Waals surface area contributed by atoms with E-state index >= 15 is 0 Å². The summed E-state index contributed by atoms with van der Waals surface area (Å²) in [6.07, 6.45) is 9.85. The SMILES string of the molecule is CN1CCN(CC(O)COCCC23CC4CC(CC(C4)C2)C3)CC1.Cl.Cl. The van der Waals surface area contributed by atoms with Gasteiger partial charge in [0.25, 0.3) is 0 Å². The highest BCUT2D eigenvalue weighted by atomic mass is 35.5. The Balaban J connectivity index is 0.00000121. The summed E-state index contributed by atoms with van der Waals surface area (Å²) in [4.78, 5) is 4.72. The van der Waals surface area contributed by atoms with Crippen LogP contribution in [0, 0.1) is 23.2 Å². The van der Waals surface area contributed by atoms with Gasteiger partial charge in [-0.05, 0) is 75.2 Å². The maximum absolute atomic E-state index is 10.2. The first-order valence-electron chi connectivity index (χ1n) is 10.3. The van der Waals surface area contributed by atoms with Gasteiger partial charge in [0.05, 0.1) is 12.7 Å². The highest BCUT2D eigenvalue weighted by Crippen LogP contribution is 2.61. The Morgan fingerprint density at radius 2 is 1.50 bits per heavy atom. The molecule has 0 amide bonds. The van der Waals surface area contributed by atoms with Gasteiger partial charge in [-0.15, -0.1) is 24.8 Å². The number of hydrogen-bond donors (Lipinski definition) is 1. The minimum Gasteiger partial charge on any atom is -0.389 e. The first-order valence-corrected chi connectivity index (χ1v) is 10.3. The second kappa shape index (κ2) is 9.76. The lowest BCUT2D eigenvalue weighted by Crippen LogP contribution is -2.48. The third kappa shape index (κ3) is 5.48. The number of aliphatic hydroxyl groups is 1. The molecule has 1 aliphatic heterocycles. The third-order valence-corrected chi connectivity index (χ3v) is 7.32. The third-order valence-electron chi connectivity index (χ3n) is 7.32. The molecule has 0 aromatic heterocycles. The molecule has 1 heterocycles. The Bertz CT molecular complexity index is 395. The number of ether oxygens (including phenoxy) is 1. The fourth-order valence-electron chi connectivity index (χ4n) is 6.49. The van der Waals surface area contributed by atoms with Gasteiger partial charge in [0, 0.05) is 39.3 Å². The first-order chi connectivity index (χ1) is 11.6. The number of rotatable bonds is 7. The minimum absolute atomic E-state index is 0. The van der Waals surface area contributed by atoms with Crippen LogP contribution in [0.25, 0.3) is 0 Å². The van der Waals surface area contributed by atoms with Crippen molar-refractivity contribution in [2.75, 3.05) is 53.0 Å². The second-order valence-corrected chi connectivity index (χ2v) is 9.50. The smallest absolute Gasteiger partial charge is 0.0900 e. The predicted molar refractivity (Wildman–Crippen MR) is 110 cm³/mol. The predicted octanol–water partition coefficient (Wildman–Crippen LogP) is 3.06. The van der Waals surface area contributed by atoms with Crippen molar-refractivity contribution in [3.63, 3.8) is 0 Å². The molecule has 0 aromatic carbocycles. The zero-order valence-electron chi connectivity index (χ0n) is 16.3. The van der Waals surface area contributed by atoms with E-state index in [9.17, 15) is 5.11 Å². The van der Waals surface area contributed by atoms with E-state index in [2.05, 4.69) is 16.8 Å². The molecule has 4 aliphatic carbocycles. The molecule has 6 heteroatoms. The van der Waals surface area contributed by atoms with E-state index in [0.29, 0.717) is 12.0 Å². The van der Waals surface area contributed by atoms with Crippen LogP contribution >= 0.6 is 24.8 Å². The van der Waals surface area contributed by atoms with Crippen LogP contribution < -0.4 is 0 Å². The second-order valence-electron chi connectivity index (χ2n) is 9.50. The van der Waals surface area contributed by atoms with Gasteiger partial charge < -0.3 is 14.7 Å². The minimum atomic E-state index is -0.329. The van der Waals surface area contributed by atoms with Crippen LogP contribution in [-0.4, -0.2) is 74.0 Å². The van der Waals surface area contributed by atoms with E-state index < -0.39 is 0 Å². The molecule has 154 valence electrons. The van der Waals surface area contributed by atoms with E-state index in [0.717, 1.165) is 57.1 Å². The van der Waals surface area contributed by atoms with Gasteiger partial charge in [-0.2, -0.15) is 0 Å². The van der Waals surface area contributed by atoms with Gasteiger partial charge in [-0.25, -0.2) is 0 Å². The lowest BCUT2D eigenvalue weighted by molar-refractivity contribution is -0.0743. The number of piperazine rings is 1. The van der Waals surface area contributed by atoms with Crippen molar-refractivity contribution in [2.45, 2.75) is 51.0 Å². The van der Waals surface area contributed by atoms with Crippen LogP contribution in [0.2, 0.25) is 0 Å². The highest BCUT2D eigenvalue weighted by Gasteiger charge is 2.50. The molecule has 4 saturated carbocycles. The topological polar surface area (TPSA) is 35.9 Å². The molecule has 4 bridgehead atoms. The van der Waals surface area contributed by atoms with Crippen LogP contribution in [0.3, 0.4) is 0 Å². The van der Waals surface area contributed by atoms with E-state index in [-0.39, 0.29) is 30.9 Å². The number of likely N-dealkylation sites (N-methyl/N-ethyl adjacent to an activating group) is 1. The largest absolute Gasteiger partial charge is 0.389 e. The molecule has 5 aliphatic rings. The van der Waals surface area contributed by atoms with E-state index in [1.165, 1.54) is 44.9 Å². The van der Waals surface area contributed by atoms with Crippen LogP contribution in [-0.2, 0) is 4.74 Å². The monoisotopic (exact) mass is 408 g/mol. The van der Waals surface area contributed by atoms with Crippen LogP contribution in [0.5, 0.6) is 0 Å². The molecule has 26 heavy (non-hydrogen) atoms. The lowest BCUT2D eigenvalue weighted by atomic mass is 9.49. The van der Waals surface area contributed by atoms with Crippen molar-refractivity contribution in [2.24, 2.45) is 23.2 Å². The summed E-state index contributed by atoms with van der Waals surface area (Å²) >= 11 is 0. The molecule has 0 spiro atoms. The summed E-state index contributed by atoms with van der Waals surface area (Å²) in [5.74, 6) is 3.08. The van der Waals surface area contributed by atoms with E-state index in [4.69, 9.17) is 4.74 Å². The number of β-amino-alcohol motifs (C(OH)–C–C–N with tert-alkyl or cyclic N) is 1. The van der Waals surface area contributed by atoms with Crippen molar-refractivity contribution < 1.29 is 9.84 Å². The van der Waals surface area contributed by atoms with Crippen molar-refractivity contribution in [3.05, 3.63) is 0 Å². The van der Waals surface area contributed by atoms with E-state index in [1.807, 2.05) is 0 Å². The van der Waals surface area contributed by atoms with Gasteiger partial charge in [0.1, 0.15) is 0 Å². The van der Waals surface area contributed by atoms with Gasteiger partial charge >= 0.3 is 0 Å². The molecule has 5 fully saturated rings. The Morgan fingerprint density at radius 3 is 2.04 bits per heavy atom. The quantitative estimate of drug-likeness (QED) is 0.656. The number of halogens is 2. The summed E-state index contributed by atoms with van der Waals surface area (Å²) in [5, 5.41) is 10.2. The maximum Gasteiger partial charge on any atom is 0.0900 e. The van der Waals surface area contributed by atoms with Gasteiger partial charge in [-0.1, -0.05) is 0 Å². The first kappa shape index (κ1) is 22.7. The van der Waals surface area contributed by atoms with Gasteiger partial charge in [0.2, 0.25) is 0 Å². The van der Waals surface area contributed by atoms with Crippen LogP contribution in [0.4, 0.5) is 0 Å². The molecular formula is C20H38Cl2N2O2. The average molecular weight is 409 g/mol. The molecule has 0 aromatic rings. The fraction of sp³-hybridized carbons (Fsp3) is 1.00. The van der Waals surface area contributed by atoms with Gasteiger partial charge in [-0.3, -0.25) is 4.90 Å². The molecule has 4 nitrogen and oxygen atoms in total. The Kier molecular flexibility index (Phi) is 8.52. The van der Waals surface area contributed by atoms with Crippen molar-refractivity contribution in [3.8, 4) is 0 Å². The number of nitrogens with zero attached hydrogens (tertiary/aromatic N) is 2. The molecule has 1 atom stereocenters. The van der Waals surface area contributed by atoms with Crippen molar-refractivity contribution >= 4 is 24.8 Å². The average Bonchev–Trinajstić information content (AvgIpc) is 2.53. The van der Waals surface area contributed by atoms with Crippen LogP contribution in [0.1, 0.15) is 44.9 Å². The van der Waals surface area contributed by atoms with E-state index in [1.54, 1.807) is 0 Å². The summed E-state index contributed by atoms with van der Waals surface area (Å²) < 4.78 is 5.91. The molecule has 1 N–H and O–H groups in total. The van der Waals surface area contributed by atoms with Gasteiger partial charge in [0.15, 0.2) is 0 Å². The summed E-state index contributed by atoms with van der Waals surface area (Å²) in [5.41, 5.74) is 0.608. The molecule has 0 radical (unpaired) electrons. The standard InChI is InChI=1S/C20H36N2O2.2ClH/c1-21-3-5-22(6-4-21)14-19(23)15-24-7-2-20-11-16-8-17(12-20)10-18(9-16)13-20;;/h16-19,23H,2-15H2,1H3;2*1H. The summed E-state index contributed by atoms with van der Waals surface area (Å²) in [6.45, 7) is 6.50. The molecular weight excluding hydrogens is 371 g/mol. The fourth-order valence-corrected chi connectivity index (χ4v) is 6.49.